The van der Waals surface area contributed by atoms with Crippen LogP contribution in [0.15, 0.2) is 36.9 Å². The van der Waals surface area contributed by atoms with Gasteiger partial charge in [0.2, 0.25) is 0 Å². The van der Waals surface area contributed by atoms with Crippen LogP contribution in [0.4, 0.5) is 5.69 Å². The number of anilines is 1. The number of hydrogen-bond acceptors (Lipinski definition) is 5. The molecule has 0 aliphatic carbocycles. The monoisotopic (exact) mass is 326 g/mol. The highest BCUT2D eigenvalue weighted by molar-refractivity contribution is 5.45. The molecule has 0 bridgehead atoms. The Labute approximate surface area is 141 Å². The number of aromatic nitrogens is 5. The van der Waals surface area contributed by atoms with Crippen LogP contribution in [0.5, 0.6) is 0 Å². The summed E-state index contributed by atoms with van der Waals surface area (Å²) in [6, 6.07) is 8.29. The van der Waals surface area contributed by atoms with E-state index in [0.29, 0.717) is 19.6 Å². The minimum absolute atomic E-state index is 0.0993. The molecular formula is C17H22N6O. The number of hydrogen-bond donors (Lipinski definition) is 2. The molecule has 0 aliphatic rings. The quantitative estimate of drug-likeness (QED) is 0.691. The fourth-order valence-corrected chi connectivity index (χ4v) is 2.72. The van der Waals surface area contributed by atoms with Crippen molar-refractivity contribution in [2.24, 2.45) is 0 Å². The molecule has 7 nitrogen and oxygen atoms in total. The molecular weight excluding hydrogens is 304 g/mol. The van der Waals surface area contributed by atoms with Crippen molar-refractivity contribution in [2.45, 2.75) is 33.5 Å². The highest BCUT2D eigenvalue weighted by atomic mass is 16.3. The van der Waals surface area contributed by atoms with Gasteiger partial charge in [-0.05, 0) is 31.5 Å². The van der Waals surface area contributed by atoms with E-state index in [-0.39, 0.29) is 6.61 Å². The van der Waals surface area contributed by atoms with Crippen molar-refractivity contribution in [2.75, 3.05) is 11.9 Å². The molecule has 0 aliphatic heterocycles. The highest BCUT2D eigenvalue weighted by Crippen LogP contribution is 2.16. The maximum Gasteiger partial charge on any atom is 0.137 e. The summed E-state index contributed by atoms with van der Waals surface area (Å²) < 4.78 is 3.65. The van der Waals surface area contributed by atoms with Gasteiger partial charge in [-0.2, -0.15) is 10.2 Å². The topological polar surface area (TPSA) is 80.8 Å². The normalized spacial score (nSPS) is 11.0. The molecule has 0 saturated carbocycles. The van der Waals surface area contributed by atoms with Gasteiger partial charge in [0.05, 0.1) is 25.4 Å². The summed E-state index contributed by atoms with van der Waals surface area (Å²) >= 11 is 0. The van der Waals surface area contributed by atoms with Crippen molar-refractivity contribution >= 4 is 5.69 Å². The van der Waals surface area contributed by atoms with Gasteiger partial charge in [0.1, 0.15) is 12.7 Å². The van der Waals surface area contributed by atoms with Crippen LogP contribution in [0.3, 0.4) is 0 Å². The van der Waals surface area contributed by atoms with E-state index in [2.05, 4.69) is 44.8 Å². The third-order valence-electron chi connectivity index (χ3n) is 4.08. The summed E-state index contributed by atoms with van der Waals surface area (Å²) in [4.78, 5) is 3.95. The van der Waals surface area contributed by atoms with Crippen molar-refractivity contribution in [3.05, 3.63) is 59.4 Å². The molecule has 24 heavy (non-hydrogen) atoms. The lowest BCUT2D eigenvalue weighted by molar-refractivity contribution is 0.268. The van der Waals surface area contributed by atoms with Crippen LogP contribution in [0.2, 0.25) is 0 Å². The van der Waals surface area contributed by atoms with Crippen molar-refractivity contribution in [3.8, 4) is 0 Å². The standard InChI is InChI=1S/C17H22N6O/c1-13-17(14(2)23(21-13)7-8-24)9-19-16-5-3-15(4-6-16)10-22-12-18-11-20-22/h3-6,11-12,19,24H,7-10H2,1-2H3. The molecule has 1 aromatic carbocycles. The van der Waals surface area contributed by atoms with Crippen LogP contribution in [-0.2, 0) is 19.6 Å². The Morgan fingerprint density at radius 2 is 1.96 bits per heavy atom. The van der Waals surface area contributed by atoms with Gasteiger partial charge in [-0.15, -0.1) is 0 Å². The van der Waals surface area contributed by atoms with E-state index >= 15 is 0 Å². The molecule has 0 fully saturated rings. The van der Waals surface area contributed by atoms with Gasteiger partial charge in [0, 0.05) is 23.5 Å². The first-order chi connectivity index (χ1) is 11.7. The van der Waals surface area contributed by atoms with Crippen molar-refractivity contribution in [1.82, 2.24) is 24.5 Å². The van der Waals surface area contributed by atoms with E-state index in [4.69, 9.17) is 5.11 Å². The number of nitrogens with zero attached hydrogens (tertiary/aromatic N) is 5. The summed E-state index contributed by atoms with van der Waals surface area (Å²) in [6.45, 7) is 6.09. The van der Waals surface area contributed by atoms with Gasteiger partial charge in [0.15, 0.2) is 0 Å². The average molecular weight is 326 g/mol. The molecule has 0 radical (unpaired) electrons. The van der Waals surface area contributed by atoms with E-state index in [1.165, 1.54) is 17.5 Å². The second kappa shape index (κ2) is 7.27. The largest absolute Gasteiger partial charge is 0.394 e. The zero-order valence-corrected chi connectivity index (χ0v) is 14.0. The number of aliphatic hydroxyl groups excluding tert-OH is 1. The Kier molecular flexibility index (Phi) is 4.90. The molecule has 126 valence electrons. The van der Waals surface area contributed by atoms with Crippen LogP contribution in [0, 0.1) is 13.8 Å². The van der Waals surface area contributed by atoms with Crippen LogP contribution in [0.25, 0.3) is 0 Å². The number of benzene rings is 1. The number of aryl methyl sites for hydroxylation is 1. The number of aliphatic hydroxyl groups is 1. The highest BCUT2D eigenvalue weighted by Gasteiger charge is 2.10. The summed E-state index contributed by atoms with van der Waals surface area (Å²) in [7, 11) is 0. The van der Waals surface area contributed by atoms with Gasteiger partial charge >= 0.3 is 0 Å². The SMILES string of the molecule is Cc1nn(CCO)c(C)c1CNc1ccc(Cn2cncn2)cc1. The van der Waals surface area contributed by atoms with Gasteiger partial charge in [-0.3, -0.25) is 4.68 Å². The van der Waals surface area contributed by atoms with Crippen molar-refractivity contribution in [3.63, 3.8) is 0 Å². The van der Waals surface area contributed by atoms with E-state index in [0.717, 1.165) is 17.1 Å². The zero-order valence-electron chi connectivity index (χ0n) is 14.0. The fourth-order valence-electron chi connectivity index (χ4n) is 2.72. The molecule has 3 rings (SSSR count). The molecule has 2 heterocycles. The Morgan fingerprint density at radius 3 is 2.62 bits per heavy atom. The first-order valence-corrected chi connectivity index (χ1v) is 7.96. The molecule has 0 atom stereocenters. The Balaban J connectivity index is 1.62. The number of nitrogens with one attached hydrogen (secondary N) is 1. The molecule has 3 aromatic rings. The van der Waals surface area contributed by atoms with Gasteiger partial charge in [-0.1, -0.05) is 12.1 Å². The van der Waals surface area contributed by atoms with E-state index in [1.54, 1.807) is 11.0 Å². The zero-order chi connectivity index (χ0) is 16.9. The molecule has 0 saturated heterocycles. The minimum Gasteiger partial charge on any atom is -0.394 e. The number of rotatable bonds is 7. The summed E-state index contributed by atoms with van der Waals surface area (Å²) in [6.07, 6.45) is 3.25. The first kappa shape index (κ1) is 16.2. The molecule has 2 aromatic heterocycles. The lowest BCUT2D eigenvalue weighted by Crippen LogP contribution is -2.07. The molecule has 7 heteroatoms. The van der Waals surface area contributed by atoms with Crippen LogP contribution >= 0.6 is 0 Å². The Hall–Kier alpha value is -2.67. The first-order valence-electron chi connectivity index (χ1n) is 7.96. The third kappa shape index (κ3) is 3.62. The van der Waals surface area contributed by atoms with Gasteiger partial charge in [-0.25, -0.2) is 9.67 Å². The van der Waals surface area contributed by atoms with Crippen molar-refractivity contribution < 1.29 is 5.11 Å². The predicted octanol–water partition coefficient (Wildman–Crippen LogP) is 1.74. The fraction of sp³-hybridized carbons (Fsp3) is 0.353. The lowest BCUT2D eigenvalue weighted by Gasteiger charge is -2.09. The van der Waals surface area contributed by atoms with Crippen LogP contribution in [-0.4, -0.2) is 36.3 Å². The third-order valence-corrected chi connectivity index (χ3v) is 4.08. The van der Waals surface area contributed by atoms with Crippen molar-refractivity contribution in [1.29, 1.82) is 0 Å². The molecule has 2 N–H and O–H groups in total. The summed E-state index contributed by atoms with van der Waals surface area (Å²) in [5.74, 6) is 0. The molecule has 0 amide bonds. The van der Waals surface area contributed by atoms with Gasteiger partial charge in [0.25, 0.3) is 0 Å². The molecule has 0 unspecified atom stereocenters. The summed E-state index contributed by atoms with van der Waals surface area (Å²) in [5, 5.41) is 21.1. The Morgan fingerprint density at radius 1 is 1.17 bits per heavy atom. The second-order valence-electron chi connectivity index (χ2n) is 5.74. The maximum atomic E-state index is 9.08. The summed E-state index contributed by atoms with van der Waals surface area (Å²) in [5.41, 5.74) is 5.50. The van der Waals surface area contributed by atoms with Crippen LogP contribution in [0.1, 0.15) is 22.5 Å². The van der Waals surface area contributed by atoms with E-state index in [9.17, 15) is 0 Å². The van der Waals surface area contributed by atoms with Crippen LogP contribution < -0.4 is 5.32 Å². The second-order valence-corrected chi connectivity index (χ2v) is 5.74. The predicted molar refractivity (Wildman–Crippen MR) is 91.7 cm³/mol. The average Bonchev–Trinajstić information content (AvgIpc) is 3.17. The minimum atomic E-state index is 0.0993. The smallest absolute Gasteiger partial charge is 0.137 e. The van der Waals surface area contributed by atoms with Gasteiger partial charge < -0.3 is 10.4 Å². The van der Waals surface area contributed by atoms with E-state index < -0.39 is 0 Å². The maximum absolute atomic E-state index is 9.08. The Bertz CT molecular complexity index is 776. The lowest BCUT2D eigenvalue weighted by atomic mass is 10.1. The molecule has 0 spiro atoms. The van der Waals surface area contributed by atoms with E-state index in [1.807, 2.05) is 18.5 Å².